The van der Waals surface area contributed by atoms with Crippen LogP contribution in [0.25, 0.3) is 21.5 Å². The first-order valence-corrected chi connectivity index (χ1v) is 8.87. The number of halogens is 2. The lowest BCUT2D eigenvalue weighted by atomic mass is 10.0. The van der Waals surface area contributed by atoms with Crippen molar-refractivity contribution in [2.75, 3.05) is 0 Å². The average molecular weight is 361 g/mol. The number of rotatable bonds is 5. The Hall–Kier alpha value is -1.77. The lowest BCUT2D eigenvalue weighted by Gasteiger charge is -2.13. The normalized spacial score (nSPS) is 11.1. The molecule has 0 saturated carbocycles. The lowest BCUT2D eigenvalue weighted by molar-refractivity contribution is -0.134. The molecule has 0 aliphatic heterocycles. The molecule has 124 valence electrons. The van der Waals surface area contributed by atoms with Crippen molar-refractivity contribution in [3.63, 3.8) is 0 Å². The molecule has 0 aliphatic carbocycles. The molecule has 0 spiro atoms. The molecule has 0 fully saturated rings. The van der Waals surface area contributed by atoms with Crippen LogP contribution in [0.5, 0.6) is 5.75 Å². The monoisotopic (exact) mass is 360 g/mol. The van der Waals surface area contributed by atoms with E-state index in [0.29, 0.717) is 22.2 Å². The number of benzene rings is 3. The molecule has 3 aromatic rings. The van der Waals surface area contributed by atoms with Gasteiger partial charge in [-0.2, -0.15) is 0 Å². The fourth-order valence-corrected chi connectivity index (χ4v) is 3.36. The Morgan fingerprint density at radius 1 is 1.00 bits per heavy atom. The first-order chi connectivity index (χ1) is 11.6. The molecule has 0 amide bonds. The van der Waals surface area contributed by atoms with Gasteiger partial charge in [-0.25, -0.2) is 0 Å². The predicted molar refractivity (Wildman–Crippen MR) is 101 cm³/mol. The predicted octanol–water partition coefficient (Wildman–Crippen LogP) is 6.79. The molecule has 2 nitrogen and oxygen atoms in total. The van der Waals surface area contributed by atoms with Gasteiger partial charge < -0.3 is 4.74 Å². The van der Waals surface area contributed by atoms with Crippen LogP contribution in [0.1, 0.15) is 32.6 Å². The number of hydrogen-bond donors (Lipinski definition) is 0. The summed E-state index contributed by atoms with van der Waals surface area (Å²) < 4.78 is 5.74. The van der Waals surface area contributed by atoms with Gasteiger partial charge in [0.05, 0.1) is 5.02 Å². The second-order valence-electron chi connectivity index (χ2n) is 5.81. The first-order valence-electron chi connectivity index (χ1n) is 8.12. The third kappa shape index (κ3) is 3.35. The minimum atomic E-state index is -0.239. The van der Waals surface area contributed by atoms with Gasteiger partial charge in [-0.1, -0.05) is 67.2 Å². The Morgan fingerprint density at radius 2 is 1.75 bits per heavy atom. The largest absolute Gasteiger partial charge is 0.425 e. The zero-order chi connectivity index (χ0) is 17.1. The van der Waals surface area contributed by atoms with Crippen molar-refractivity contribution in [3.8, 4) is 5.75 Å². The zero-order valence-electron chi connectivity index (χ0n) is 13.4. The molecule has 3 aromatic carbocycles. The van der Waals surface area contributed by atoms with E-state index in [9.17, 15) is 4.79 Å². The minimum absolute atomic E-state index is 0.239. The zero-order valence-corrected chi connectivity index (χ0v) is 15.0. The van der Waals surface area contributed by atoms with Crippen LogP contribution in [-0.4, -0.2) is 5.97 Å². The number of ether oxygens (including phenoxy) is 1. The summed E-state index contributed by atoms with van der Waals surface area (Å²) in [6, 6.07) is 13.2. The first kappa shape index (κ1) is 17.1. The molecule has 0 heterocycles. The Labute approximate surface area is 151 Å². The number of carbonyl (C=O) groups excluding carboxylic acids is 1. The van der Waals surface area contributed by atoms with Crippen molar-refractivity contribution in [1.82, 2.24) is 0 Å². The highest BCUT2D eigenvalue weighted by atomic mass is 35.5. The van der Waals surface area contributed by atoms with Crippen LogP contribution in [0.3, 0.4) is 0 Å². The van der Waals surface area contributed by atoms with Crippen LogP contribution in [-0.2, 0) is 4.79 Å². The van der Waals surface area contributed by atoms with Gasteiger partial charge in [0.2, 0.25) is 0 Å². The molecule has 0 atom stereocenters. The van der Waals surface area contributed by atoms with Gasteiger partial charge in [0.1, 0.15) is 5.75 Å². The molecular weight excluding hydrogens is 343 g/mol. The summed E-state index contributed by atoms with van der Waals surface area (Å²) in [5.41, 5.74) is 0. The second kappa shape index (κ2) is 7.42. The van der Waals surface area contributed by atoms with Gasteiger partial charge in [-0.05, 0) is 30.0 Å². The smallest absolute Gasteiger partial charge is 0.311 e. The minimum Gasteiger partial charge on any atom is -0.425 e. The van der Waals surface area contributed by atoms with Crippen molar-refractivity contribution >= 4 is 50.7 Å². The molecule has 0 N–H and O–H groups in total. The third-order valence-electron chi connectivity index (χ3n) is 4.07. The summed E-state index contributed by atoms with van der Waals surface area (Å²) in [5, 5.41) is 4.48. The summed E-state index contributed by atoms with van der Waals surface area (Å²) in [7, 11) is 0. The summed E-state index contributed by atoms with van der Waals surface area (Å²) in [6.45, 7) is 2.10. The van der Waals surface area contributed by atoms with Crippen molar-refractivity contribution in [3.05, 3.63) is 52.5 Å². The third-order valence-corrected chi connectivity index (χ3v) is 4.72. The van der Waals surface area contributed by atoms with Crippen molar-refractivity contribution < 1.29 is 9.53 Å². The Kier molecular flexibility index (Phi) is 5.27. The van der Waals surface area contributed by atoms with Crippen LogP contribution in [0, 0.1) is 0 Å². The Bertz CT molecular complexity index is 903. The van der Waals surface area contributed by atoms with Gasteiger partial charge in [0.15, 0.2) is 0 Å². The fourth-order valence-electron chi connectivity index (χ4n) is 2.86. The number of carbonyl (C=O) groups is 1. The van der Waals surface area contributed by atoms with Crippen molar-refractivity contribution in [1.29, 1.82) is 0 Å². The van der Waals surface area contributed by atoms with Gasteiger partial charge in [0, 0.05) is 27.6 Å². The number of esters is 1. The maximum atomic E-state index is 12.3. The quantitative estimate of drug-likeness (QED) is 0.217. The molecule has 0 saturated heterocycles. The topological polar surface area (TPSA) is 26.3 Å². The molecular formula is C20H18Cl2O2. The number of hydrogen-bond acceptors (Lipinski definition) is 2. The van der Waals surface area contributed by atoms with E-state index >= 15 is 0 Å². The van der Waals surface area contributed by atoms with E-state index in [1.165, 1.54) is 0 Å². The molecule has 0 bridgehead atoms. The summed E-state index contributed by atoms with van der Waals surface area (Å²) in [4.78, 5) is 12.3. The lowest BCUT2D eigenvalue weighted by Crippen LogP contribution is -2.08. The highest BCUT2D eigenvalue weighted by Crippen LogP contribution is 2.41. The van der Waals surface area contributed by atoms with Gasteiger partial charge >= 0.3 is 5.97 Å². The average Bonchev–Trinajstić information content (AvgIpc) is 2.56. The van der Waals surface area contributed by atoms with Crippen LogP contribution in [0.15, 0.2) is 42.5 Å². The standard InChI is InChI=1S/C20H18Cl2O2/c1-2-3-4-11-18(23)24-20-14-8-6-9-16(21)15(14)12-13-7-5-10-17(22)19(13)20/h5-10,12H,2-4,11H2,1H3. The van der Waals surface area contributed by atoms with Crippen LogP contribution >= 0.6 is 23.2 Å². The van der Waals surface area contributed by atoms with E-state index < -0.39 is 0 Å². The molecule has 3 rings (SSSR count). The molecule has 24 heavy (non-hydrogen) atoms. The second-order valence-corrected chi connectivity index (χ2v) is 6.62. The molecule has 0 radical (unpaired) electrons. The highest BCUT2D eigenvalue weighted by molar-refractivity contribution is 6.39. The summed E-state index contributed by atoms with van der Waals surface area (Å²) in [5.74, 6) is 0.259. The van der Waals surface area contributed by atoms with E-state index in [-0.39, 0.29) is 5.97 Å². The highest BCUT2D eigenvalue weighted by Gasteiger charge is 2.16. The van der Waals surface area contributed by atoms with E-state index in [2.05, 4.69) is 6.92 Å². The molecule has 0 aliphatic rings. The van der Waals surface area contributed by atoms with Gasteiger partial charge in [-0.15, -0.1) is 0 Å². The van der Waals surface area contributed by atoms with Crippen LogP contribution in [0.2, 0.25) is 10.0 Å². The van der Waals surface area contributed by atoms with Crippen molar-refractivity contribution in [2.24, 2.45) is 0 Å². The summed E-state index contributed by atoms with van der Waals surface area (Å²) >= 11 is 12.7. The van der Waals surface area contributed by atoms with E-state index in [1.54, 1.807) is 6.07 Å². The van der Waals surface area contributed by atoms with E-state index in [1.807, 2.05) is 36.4 Å². The maximum absolute atomic E-state index is 12.3. The van der Waals surface area contributed by atoms with E-state index in [4.69, 9.17) is 27.9 Å². The van der Waals surface area contributed by atoms with Gasteiger partial charge in [-0.3, -0.25) is 4.79 Å². The van der Waals surface area contributed by atoms with Gasteiger partial charge in [0.25, 0.3) is 0 Å². The fraction of sp³-hybridized carbons (Fsp3) is 0.250. The number of unbranched alkanes of at least 4 members (excludes halogenated alkanes) is 2. The molecule has 0 unspecified atom stereocenters. The Morgan fingerprint density at radius 3 is 2.54 bits per heavy atom. The molecule has 0 aromatic heterocycles. The van der Waals surface area contributed by atoms with Crippen molar-refractivity contribution in [2.45, 2.75) is 32.6 Å². The van der Waals surface area contributed by atoms with Crippen LogP contribution in [0.4, 0.5) is 0 Å². The Balaban J connectivity index is 2.14. The van der Waals surface area contributed by atoms with Crippen LogP contribution < -0.4 is 4.74 Å². The number of fused-ring (bicyclic) bond motifs is 2. The SMILES string of the molecule is CCCCCC(=O)Oc1c2cccc(Cl)c2cc2cccc(Cl)c12. The maximum Gasteiger partial charge on any atom is 0.311 e. The van der Waals surface area contributed by atoms with E-state index in [0.717, 1.165) is 40.8 Å². The summed E-state index contributed by atoms with van der Waals surface area (Å²) in [6.07, 6.45) is 3.30. The molecule has 4 heteroatoms.